The van der Waals surface area contributed by atoms with Crippen molar-refractivity contribution in [2.45, 2.75) is 13.5 Å². The number of oxazole rings is 1. The molecule has 5 heteroatoms. The quantitative estimate of drug-likeness (QED) is 0.452. The van der Waals surface area contributed by atoms with Crippen LogP contribution in [0.1, 0.15) is 21.5 Å². The number of carbonyl (C=O) groups excluding carboxylic acids is 1. The number of amides is 1. The summed E-state index contributed by atoms with van der Waals surface area (Å²) in [6.45, 7) is 2.49. The van der Waals surface area contributed by atoms with E-state index in [2.05, 4.69) is 10.3 Å². The van der Waals surface area contributed by atoms with Gasteiger partial charge in [-0.15, -0.1) is 0 Å². The van der Waals surface area contributed by atoms with Gasteiger partial charge in [-0.05, 0) is 48.9 Å². The van der Waals surface area contributed by atoms with Crippen LogP contribution in [-0.4, -0.2) is 10.9 Å². The summed E-state index contributed by atoms with van der Waals surface area (Å²) in [7, 11) is 0. The van der Waals surface area contributed by atoms with Gasteiger partial charge in [0.15, 0.2) is 5.76 Å². The third-order valence-corrected chi connectivity index (χ3v) is 4.86. The molecule has 4 rings (SSSR count). The molecule has 0 aliphatic heterocycles. The molecular weight excluding hydrogens is 384 g/mol. The zero-order chi connectivity index (χ0) is 20.2. The predicted octanol–water partition coefficient (Wildman–Crippen LogP) is 5.90. The Morgan fingerprint density at radius 3 is 2.48 bits per heavy atom. The molecule has 0 saturated carbocycles. The molecule has 0 spiro atoms. The molecule has 1 amide bonds. The minimum absolute atomic E-state index is 0.174. The second-order valence-corrected chi connectivity index (χ2v) is 7.19. The molecule has 0 fully saturated rings. The Kier molecular flexibility index (Phi) is 5.45. The molecule has 144 valence electrons. The first kappa shape index (κ1) is 19.0. The van der Waals surface area contributed by atoms with Crippen molar-refractivity contribution in [3.63, 3.8) is 0 Å². The fraction of sp³-hybridized carbons (Fsp3) is 0.0833. The van der Waals surface area contributed by atoms with E-state index in [1.165, 1.54) is 5.56 Å². The summed E-state index contributed by atoms with van der Waals surface area (Å²) >= 11 is 5.95. The number of nitrogens with one attached hydrogen (secondary N) is 1. The molecule has 0 radical (unpaired) electrons. The SMILES string of the molecule is Cc1ccc(CNC(=O)c2ccccc2-c2ncc(-c3ccc(Cl)cc3)o2)cc1. The van der Waals surface area contributed by atoms with E-state index in [1.807, 2.05) is 61.5 Å². The molecule has 0 saturated heterocycles. The molecule has 0 aliphatic rings. The van der Waals surface area contributed by atoms with Crippen molar-refractivity contribution in [2.24, 2.45) is 0 Å². The van der Waals surface area contributed by atoms with E-state index >= 15 is 0 Å². The summed E-state index contributed by atoms with van der Waals surface area (Å²) in [4.78, 5) is 17.2. The van der Waals surface area contributed by atoms with Gasteiger partial charge in [-0.2, -0.15) is 0 Å². The second-order valence-electron chi connectivity index (χ2n) is 6.75. The molecule has 3 aromatic carbocycles. The van der Waals surface area contributed by atoms with Gasteiger partial charge in [-0.3, -0.25) is 4.79 Å². The lowest BCUT2D eigenvalue weighted by Gasteiger charge is -2.08. The highest BCUT2D eigenvalue weighted by atomic mass is 35.5. The maximum Gasteiger partial charge on any atom is 0.252 e. The second kappa shape index (κ2) is 8.33. The maximum absolute atomic E-state index is 12.8. The average molecular weight is 403 g/mol. The van der Waals surface area contributed by atoms with Crippen LogP contribution in [0.4, 0.5) is 0 Å². The molecule has 4 nitrogen and oxygen atoms in total. The monoisotopic (exact) mass is 402 g/mol. The van der Waals surface area contributed by atoms with Crippen LogP contribution < -0.4 is 5.32 Å². The van der Waals surface area contributed by atoms with Crippen LogP contribution in [0.3, 0.4) is 0 Å². The number of hydrogen-bond acceptors (Lipinski definition) is 3. The third kappa shape index (κ3) is 4.39. The normalized spacial score (nSPS) is 10.7. The number of nitrogens with zero attached hydrogens (tertiary/aromatic N) is 1. The summed E-state index contributed by atoms with van der Waals surface area (Å²) in [5, 5.41) is 3.62. The molecule has 4 aromatic rings. The summed E-state index contributed by atoms with van der Waals surface area (Å²) < 4.78 is 5.93. The first-order valence-corrected chi connectivity index (χ1v) is 9.63. The smallest absolute Gasteiger partial charge is 0.252 e. The standard InChI is InChI=1S/C24H19ClN2O2/c1-16-6-8-17(9-7-16)14-26-23(28)20-4-2-3-5-21(20)24-27-15-22(29-24)18-10-12-19(25)13-11-18/h2-13,15H,14H2,1H3,(H,26,28). The van der Waals surface area contributed by atoms with Gasteiger partial charge in [-0.1, -0.05) is 53.6 Å². The molecule has 1 heterocycles. The molecule has 0 unspecified atom stereocenters. The van der Waals surface area contributed by atoms with E-state index < -0.39 is 0 Å². The van der Waals surface area contributed by atoms with Gasteiger partial charge >= 0.3 is 0 Å². The number of benzene rings is 3. The summed E-state index contributed by atoms with van der Waals surface area (Å²) in [6, 6.07) is 22.7. The highest BCUT2D eigenvalue weighted by Crippen LogP contribution is 2.29. The minimum Gasteiger partial charge on any atom is -0.436 e. The lowest BCUT2D eigenvalue weighted by atomic mass is 10.1. The largest absolute Gasteiger partial charge is 0.436 e. The van der Waals surface area contributed by atoms with Crippen molar-refractivity contribution in [3.05, 3.63) is 101 Å². The zero-order valence-corrected chi connectivity index (χ0v) is 16.6. The molecule has 0 bridgehead atoms. The van der Waals surface area contributed by atoms with E-state index in [9.17, 15) is 4.79 Å². The Bertz CT molecular complexity index is 1130. The van der Waals surface area contributed by atoms with Gasteiger partial charge in [0, 0.05) is 22.7 Å². The van der Waals surface area contributed by atoms with Crippen LogP contribution in [0, 0.1) is 6.92 Å². The van der Waals surface area contributed by atoms with Crippen molar-refractivity contribution in [1.82, 2.24) is 10.3 Å². The van der Waals surface area contributed by atoms with Gasteiger partial charge in [0.1, 0.15) is 0 Å². The lowest BCUT2D eigenvalue weighted by molar-refractivity contribution is 0.0951. The van der Waals surface area contributed by atoms with Crippen molar-refractivity contribution >= 4 is 17.5 Å². The maximum atomic E-state index is 12.8. The van der Waals surface area contributed by atoms with Crippen LogP contribution >= 0.6 is 11.6 Å². The van der Waals surface area contributed by atoms with Crippen LogP contribution in [0.2, 0.25) is 5.02 Å². The number of rotatable bonds is 5. The van der Waals surface area contributed by atoms with Crippen molar-refractivity contribution in [1.29, 1.82) is 0 Å². The van der Waals surface area contributed by atoms with Gasteiger partial charge < -0.3 is 9.73 Å². The summed E-state index contributed by atoms with van der Waals surface area (Å²) in [5.41, 5.74) is 4.26. The molecule has 29 heavy (non-hydrogen) atoms. The first-order chi connectivity index (χ1) is 14.1. The van der Waals surface area contributed by atoms with Crippen molar-refractivity contribution < 1.29 is 9.21 Å². The van der Waals surface area contributed by atoms with E-state index in [0.717, 1.165) is 11.1 Å². The molecule has 0 aliphatic carbocycles. The number of aromatic nitrogens is 1. The number of aryl methyl sites for hydroxylation is 1. The van der Waals surface area contributed by atoms with Gasteiger partial charge in [-0.25, -0.2) is 4.98 Å². The van der Waals surface area contributed by atoms with E-state index in [-0.39, 0.29) is 5.91 Å². The van der Waals surface area contributed by atoms with Crippen molar-refractivity contribution in [3.8, 4) is 22.8 Å². The Labute approximate surface area is 174 Å². The average Bonchev–Trinajstić information content (AvgIpc) is 3.24. The zero-order valence-electron chi connectivity index (χ0n) is 15.9. The number of halogens is 1. The van der Waals surface area contributed by atoms with Crippen molar-refractivity contribution in [2.75, 3.05) is 0 Å². The lowest BCUT2D eigenvalue weighted by Crippen LogP contribution is -2.23. The highest BCUT2D eigenvalue weighted by Gasteiger charge is 2.16. The first-order valence-electron chi connectivity index (χ1n) is 9.25. The minimum atomic E-state index is -0.174. The third-order valence-electron chi connectivity index (χ3n) is 4.61. The van der Waals surface area contributed by atoms with Gasteiger partial charge in [0.05, 0.1) is 11.8 Å². The molecular formula is C24H19ClN2O2. The Balaban J connectivity index is 1.56. The summed E-state index contributed by atoms with van der Waals surface area (Å²) in [5.74, 6) is 0.843. The van der Waals surface area contributed by atoms with Gasteiger partial charge in [0.2, 0.25) is 5.89 Å². The molecule has 1 aromatic heterocycles. The fourth-order valence-corrected chi connectivity index (χ4v) is 3.12. The Hall–Kier alpha value is -3.37. The predicted molar refractivity (Wildman–Crippen MR) is 115 cm³/mol. The fourth-order valence-electron chi connectivity index (χ4n) is 3.00. The van der Waals surface area contributed by atoms with E-state index in [4.69, 9.17) is 16.0 Å². The Morgan fingerprint density at radius 1 is 1.00 bits per heavy atom. The van der Waals surface area contributed by atoms with Crippen LogP contribution in [0.25, 0.3) is 22.8 Å². The van der Waals surface area contributed by atoms with Crippen LogP contribution in [-0.2, 0) is 6.54 Å². The van der Waals surface area contributed by atoms with Crippen LogP contribution in [0.15, 0.2) is 83.4 Å². The van der Waals surface area contributed by atoms with E-state index in [0.29, 0.717) is 34.3 Å². The Morgan fingerprint density at radius 2 is 1.72 bits per heavy atom. The van der Waals surface area contributed by atoms with Gasteiger partial charge in [0.25, 0.3) is 5.91 Å². The molecule has 1 N–H and O–H groups in total. The number of carbonyl (C=O) groups is 1. The summed E-state index contributed by atoms with van der Waals surface area (Å²) in [6.07, 6.45) is 1.65. The van der Waals surface area contributed by atoms with Crippen LogP contribution in [0.5, 0.6) is 0 Å². The topological polar surface area (TPSA) is 55.1 Å². The highest BCUT2D eigenvalue weighted by molar-refractivity contribution is 6.30. The molecule has 0 atom stereocenters. The van der Waals surface area contributed by atoms with E-state index in [1.54, 1.807) is 24.4 Å². The number of hydrogen-bond donors (Lipinski definition) is 1.